The van der Waals surface area contributed by atoms with Crippen molar-refractivity contribution in [1.29, 1.82) is 5.26 Å². The van der Waals surface area contributed by atoms with Gasteiger partial charge < -0.3 is 4.74 Å². The molecule has 0 atom stereocenters. The number of esters is 1. The summed E-state index contributed by atoms with van der Waals surface area (Å²) >= 11 is 1.40. The quantitative estimate of drug-likeness (QED) is 0.343. The first-order valence-electron chi connectivity index (χ1n) is 6.25. The van der Waals surface area contributed by atoms with Crippen molar-refractivity contribution in [3.05, 3.63) is 27.9 Å². The van der Waals surface area contributed by atoms with E-state index in [4.69, 9.17) is 5.26 Å². The molecule has 1 heterocycles. The Kier molecular flexibility index (Phi) is 4.43. The highest BCUT2D eigenvalue weighted by molar-refractivity contribution is 7.99. The topological polar surface area (TPSA) is 106 Å². The van der Waals surface area contributed by atoms with Crippen LogP contribution in [0.3, 0.4) is 0 Å². The Balaban J connectivity index is 2.03. The fourth-order valence-electron chi connectivity index (χ4n) is 1.90. The van der Waals surface area contributed by atoms with Crippen molar-refractivity contribution in [2.45, 2.75) is 24.3 Å². The van der Waals surface area contributed by atoms with Crippen LogP contribution in [-0.2, 0) is 9.53 Å². The van der Waals surface area contributed by atoms with E-state index in [9.17, 15) is 14.9 Å². The van der Waals surface area contributed by atoms with Crippen molar-refractivity contribution in [2.75, 3.05) is 12.9 Å². The fraction of sp³-hybridized carbons (Fsp3) is 0.462. The highest BCUT2D eigenvalue weighted by Gasteiger charge is 2.44. The van der Waals surface area contributed by atoms with E-state index in [0.29, 0.717) is 17.2 Å². The average molecular weight is 307 g/mol. The van der Waals surface area contributed by atoms with Gasteiger partial charge in [-0.25, -0.2) is 4.98 Å². The standard InChI is InChI=1S/C13H13N3O4S/c1-20-12(17)6-13(4-5-13)8-21-11-3-2-10(16(18)19)9(7-14)15-11/h2-3H,4-6,8H2,1H3. The minimum absolute atomic E-state index is 0.0615. The Labute approximate surface area is 125 Å². The van der Waals surface area contributed by atoms with Gasteiger partial charge in [-0.3, -0.25) is 14.9 Å². The van der Waals surface area contributed by atoms with Crippen LogP contribution in [0.5, 0.6) is 0 Å². The second-order valence-electron chi connectivity index (χ2n) is 4.93. The molecule has 1 aliphatic rings. The number of ether oxygens (including phenoxy) is 1. The molecule has 0 aliphatic heterocycles. The number of thioether (sulfide) groups is 1. The third kappa shape index (κ3) is 3.70. The SMILES string of the molecule is COC(=O)CC1(CSc2ccc([N+](=O)[O-])c(C#N)n2)CC1. The monoisotopic (exact) mass is 307 g/mol. The molecule has 0 saturated heterocycles. The van der Waals surface area contributed by atoms with Gasteiger partial charge in [0.05, 0.1) is 23.5 Å². The van der Waals surface area contributed by atoms with E-state index in [2.05, 4.69) is 9.72 Å². The summed E-state index contributed by atoms with van der Waals surface area (Å²) in [5.41, 5.74) is -0.547. The molecular weight excluding hydrogens is 294 g/mol. The van der Waals surface area contributed by atoms with Gasteiger partial charge in [0.25, 0.3) is 0 Å². The van der Waals surface area contributed by atoms with Crippen molar-refractivity contribution >= 4 is 23.4 Å². The summed E-state index contributed by atoms with van der Waals surface area (Å²) < 4.78 is 4.67. The molecule has 1 aliphatic carbocycles. The smallest absolute Gasteiger partial charge is 0.306 e. The summed E-state index contributed by atoms with van der Waals surface area (Å²) in [7, 11) is 1.36. The molecule has 1 aromatic rings. The molecular formula is C13H13N3O4S. The minimum Gasteiger partial charge on any atom is -0.469 e. The molecule has 7 nitrogen and oxygen atoms in total. The number of hydrogen-bond donors (Lipinski definition) is 0. The van der Waals surface area contributed by atoms with E-state index in [-0.39, 0.29) is 22.8 Å². The lowest BCUT2D eigenvalue weighted by molar-refractivity contribution is -0.385. The molecule has 8 heteroatoms. The molecule has 0 bridgehead atoms. The van der Waals surface area contributed by atoms with E-state index in [1.807, 2.05) is 0 Å². The second-order valence-corrected chi connectivity index (χ2v) is 5.92. The van der Waals surface area contributed by atoms with Gasteiger partial charge in [-0.1, -0.05) is 0 Å². The van der Waals surface area contributed by atoms with Crippen LogP contribution >= 0.6 is 11.8 Å². The van der Waals surface area contributed by atoms with Gasteiger partial charge in [-0.05, 0) is 24.3 Å². The maximum Gasteiger partial charge on any atom is 0.306 e. The molecule has 0 unspecified atom stereocenters. The third-order valence-electron chi connectivity index (χ3n) is 3.38. The molecule has 0 radical (unpaired) electrons. The number of aromatic nitrogens is 1. The number of hydrogen-bond acceptors (Lipinski definition) is 7. The van der Waals surface area contributed by atoms with E-state index < -0.39 is 4.92 Å². The number of nitriles is 1. The van der Waals surface area contributed by atoms with Crippen molar-refractivity contribution in [3.8, 4) is 6.07 Å². The highest BCUT2D eigenvalue weighted by Crippen LogP contribution is 2.52. The van der Waals surface area contributed by atoms with Gasteiger partial charge >= 0.3 is 11.7 Å². The lowest BCUT2D eigenvalue weighted by Crippen LogP contribution is -2.13. The molecule has 1 aromatic heterocycles. The van der Waals surface area contributed by atoms with E-state index in [1.54, 1.807) is 6.07 Å². The van der Waals surface area contributed by atoms with Gasteiger partial charge in [0.15, 0.2) is 0 Å². The predicted octanol–water partition coefficient (Wildman–Crippen LogP) is 2.30. The maximum atomic E-state index is 11.3. The molecule has 1 saturated carbocycles. The van der Waals surface area contributed by atoms with Gasteiger partial charge in [0.2, 0.25) is 5.69 Å². The zero-order valence-electron chi connectivity index (χ0n) is 11.4. The van der Waals surface area contributed by atoms with E-state index >= 15 is 0 Å². The lowest BCUT2D eigenvalue weighted by Gasteiger charge is -2.12. The summed E-state index contributed by atoms with van der Waals surface area (Å²) in [5.74, 6) is 0.445. The van der Waals surface area contributed by atoms with Crippen LogP contribution in [0.2, 0.25) is 0 Å². The summed E-state index contributed by atoms with van der Waals surface area (Å²) in [6, 6.07) is 4.54. The van der Waals surface area contributed by atoms with Gasteiger partial charge in [-0.2, -0.15) is 5.26 Å². The number of carbonyl (C=O) groups is 1. The van der Waals surface area contributed by atoms with Crippen LogP contribution in [0.15, 0.2) is 17.2 Å². The number of nitro groups is 1. The van der Waals surface area contributed by atoms with Crippen LogP contribution in [0.25, 0.3) is 0 Å². The largest absolute Gasteiger partial charge is 0.469 e. The van der Waals surface area contributed by atoms with E-state index in [1.165, 1.54) is 31.0 Å². The van der Waals surface area contributed by atoms with Crippen LogP contribution in [0, 0.1) is 26.9 Å². The summed E-state index contributed by atoms with van der Waals surface area (Å²) in [4.78, 5) is 25.4. The highest BCUT2D eigenvalue weighted by atomic mass is 32.2. The Bertz CT molecular complexity index is 622. The Hall–Kier alpha value is -2.14. The second kappa shape index (κ2) is 6.10. The molecule has 1 fully saturated rings. The first kappa shape index (κ1) is 15.3. The maximum absolute atomic E-state index is 11.3. The van der Waals surface area contributed by atoms with Crippen molar-refractivity contribution < 1.29 is 14.5 Å². The van der Waals surface area contributed by atoms with Crippen LogP contribution < -0.4 is 0 Å². The number of carbonyl (C=O) groups excluding carboxylic acids is 1. The van der Waals surface area contributed by atoms with Crippen LogP contribution in [0.1, 0.15) is 25.0 Å². The summed E-state index contributed by atoms with van der Waals surface area (Å²) in [6.07, 6.45) is 2.27. The normalized spacial score (nSPS) is 15.0. The van der Waals surface area contributed by atoms with E-state index in [0.717, 1.165) is 12.8 Å². The molecule has 21 heavy (non-hydrogen) atoms. The zero-order valence-corrected chi connectivity index (χ0v) is 12.2. The minimum atomic E-state index is -0.625. The number of nitrogens with zero attached hydrogens (tertiary/aromatic N) is 3. The molecule has 110 valence electrons. The van der Waals surface area contributed by atoms with Crippen LogP contribution in [-0.4, -0.2) is 28.7 Å². The first-order chi connectivity index (χ1) is 9.99. The third-order valence-corrected chi connectivity index (χ3v) is 4.66. The Morgan fingerprint density at radius 3 is 2.86 bits per heavy atom. The average Bonchev–Trinajstić information content (AvgIpc) is 3.24. The molecule has 0 N–H and O–H groups in total. The first-order valence-corrected chi connectivity index (χ1v) is 7.23. The summed E-state index contributed by atoms with van der Waals surface area (Å²) in [6.45, 7) is 0. The Morgan fingerprint density at radius 2 is 2.33 bits per heavy atom. The van der Waals surface area contributed by atoms with Gasteiger partial charge in [-0.15, -0.1) is 11.8 Å². The summed E-state index contributed by atoms with van der Waals surface area (Å²) in [5, 5.41) is 20.2. The molecule has 2 rings (SSSR count). The number of pyridine rings is 1. The molecule has 0 amide bonds. The fourth-order valence-corrected chi connectivity index (χ4v) is 3.06. The van der Waals surface area contributed by atoms with Crippen LogP contribution in [0.4, 0.5) is 5.69 Å². The predicted molar refractivity (Wildman–Crippen MR) is 74.6 cm³/mol. The van der Waals surface area contributed by atoms with Gasteiger partial charge in [0.1, 0.15) is 6.07 Å². The number of rotatable bonds is 6. The molecule has 0 aromatic carbocycles. The number of methoxy groups -OCH3 is 1. The van der Waals surface area contributed by atoms with Crippen molar-refractivity contribution in [2.24, 2.45) is 5.41 Å². The van der Waals surface area contributed by atoms with Crippen molar-refractivity contribution in [1.82, 2.24) is 4.98 Å². The Morgan fingerprint density at radius 1 is 1.62 bits per heavy atom. The van der Waals surface area contributed by atoms with Gasteiger partial charge in [0, 0.05) is 11.8 Å². The van der Waals surface area contributed by atoms with Crippen molar-refractivity contribution in [3.63, 3.8) is 0 Å². The zero-order chi connectivity index (χ0) is 15.5. The molecule has 0 spiro atoms. The lowest BCUT2D eigenvalue weighted by atomic mass is 10.1.